The maximum Gasteiger partial charge on any atom is 0.307 e. The first-order chi connectivity index (χ1) is 13.0. The topological polar surface area (TPSA) is 54.4 Å². The average molecular weight is 379 g/mol. The summed E-state index contributed by atoms with van der Waals surface area (Å²) in [6.07, 6.45) is 0.315. The molecule has 0 heterocycles. The van der Waals surface area contributed by atoms with Gasteiger partial charge in [-0.2, -0.15) is 0 Å². The van der Waals surface area contributed by atoms with Crippen molar-refractivity contribution in [3.8, 4) is 11.1 Å². The molecule has 136 valence electrons. The minimum Gasteiger partial charge on any atom is -0.481 e. The van der Waals surface area contributed by atoms with Crippen molar-refractivity contribution in [3.63, 3.8) is 0 Å². The number of benzene rings is 3. The summed E-state index contributed by atoms with van der Waals surface area (Å²) in [4.78, 5) is 24.1. The lowest BCUT2D eigenvalue weighted by Crippen LogP contribution is -2.20. The third kappa shape index (κ3) is 5.05. The molecule has 0 radical (unpaired) electrons. The molecule has 0 spiro atoms. The van der Waals surface area contributed by atoms with Gasteiger partial charge in [0.1, 0.15) is 0 Å². The van der Waals surface area contributed by atoms with Gasteiger partial charge in [-0.05, 0) is 35.2 Å². The summed E-state index contributed by atoms with van der Waals surface area (Å²) in [6, 6.07) is 24.0. The molecule has 0 amide bonds. The molecule has 1 unspecified atom stereocenters. The van der Waals surface area contributed by atoms with Crippen molar-refractivity contribution >= 4 is 23.4 Å². The predicted octanol–water partition coefficient (Wildman–Crippen LogP) is 5.52. The molecule has 0 saturated heterocycles. The Labute approximate surface area is 163 Å². The zero-order valence-electron chi connectivity index (χ0n) is 14.6. The number of aliphatic carboxylic acids is 1. The highest BCUT2D eigenvalue weighted by molar-refractivity contribution is 6.30. The Balaban J connectivity index is 1.70. The van der Waals surface area contributed by atoms with E-state index in [1.807, 2.05) is 66.7 Å². The summed E-state index contributed by atoms with van der Waals surface area (Å²) in [5, 5.41) is 10.2. The first-order valence-electron chi connectivity index (χ1n) is 8.69. The third-order valence-corrected chi connectivity index (χ3v) is 4.74. The van der Waals surface area contributed by atoms with Gasteiger partial charge in [0.05, 0.1) is 5.92 Å². The zero-order chi connectivity index (χ0) is 19.2. The predicted molar refractivity (Wildman–Crippen MR) is 107 cm³/mol. The molecular weight excluding hydrogens is 360 g/mol. The van der Waals surface area contributed by atoms with Gasteiger partial charge in [0.15, 0.2) is 5.78 Å². The lowest BCUT2D eigenvalue weighted by atomic mass is 9.91. The molecule has 0 aliphatic rings. The number of carbonyl (C=O) groups is 2. The number of carboxylic acids is 1. The maximum absolute atomic E-state index is 12.6. The van der Waals surface area contributed by atoms with Crippen molar-refractivity contribution in [1.29, 1.82) is 0 Å². The fourth-order valence-corrected chi connectivity index (χ4v) is 3.10. The van der Waals surface area contributed by atoms with Gasteiger partial charge < -0.3 is 5.11 Å². The van der Waals surface area contributed by atoms with E-state index in [4.69, 9.17) is 11.6 Å². The van der Waals surface area contributed by atoms with E-state index in [-0.39, 0.29) is 12.2 Å². The lowest BCUT2D eigenvalue weighted by molar-refractivity contribution is -0.141. The monoisotopic (exact) mass is 378 g/mol. The second-order valence-electron chi connectivity index (χ2n) is 6.44. The molecule has 0 aliphatic heterocycles. The molecular formula is C23H19ClO3. The molecule has 3 aromatic carbocycles. The number of carboxylic acid groups (broad SMARTS) is 1. The van der Waals surface area contributed by atoms with Gasteiger partial charge in [0, 0.05) is 17.0 Å². The summed E-state index contributed by atoms with van der Waals surface area (Å²) < 4.78 is 0. The van der Waals surface area contributed by atoms with E-state index < -0.39 is 11.9 Å². The summed E-state index contributed by atoms with van der Waals surface area (Å²) in [5.74, 6) is -1.86. The van der Waals surface area contributed by atoms with Crippen LogP contribution >= 0.6 is 11.6 Å². The van der Waals surface area contributed by atoms with E-state index in [9.17, 15) is 14.7 Å². The zero-order valence-corrected chi connectivity index (χ0v) is 15.4. The molecule has 1 N–H and O–H groups in total. The van der Waals surface area contributed by atoms with Crippen LogP contribution < -0.4 is 0 Å². The van der Waals surface area contributed by atoms with Crippen LogP contribution in [-0.2, 0) is 11.2 Å². The van der Waals surface area contributed by atoms with E-state index in [2.05, 4.69) is 0 Å². The molecule has 0 aromatic heterocycles. The summed E-state index contributed by atoms with van der Waals surface area (Å²) in [7, 11) is 0. The number of ketones is 1. The van der Waals surface area contributed by atoms with E-state index >= 15 is 0 Å². The van der Waals surface area contributed by atoms with Gasteiger partial charge >= 0.3 is 5.97 Å². The lowest BCUT2D eigenvalue weighted by Gasteiger charge is -2.12. The number of carbonyl (C=O) groups excluding carboxylic acids is 1. The normalized spacial score (nSPS) is 11.7. The maximum atomic E-state index is 12.6. The molecule has 3 aromatic rings. The highest BCUT2D eigenvalue weighted by atomic mass is 35.5. The number of Topliss-reactive ketones (excluding diaryl/α,β-unsaturated/α-hetero) is 1. The van der Waals surface area contributed by atoms with Crippen LogP contribution in [0.2, 0.25) is 5.02 Å². The minimum absolute atomic E-state index is 0.0233. The third-order valence-electron chi connectivity index (χ3n) is 4.49. The summed E-state index contributed by atoms with van der Waals surface area (Å²) >= 11 is 5.91. The highest BCUT2D eigenvalue weighted by Gasteiger charge is 2.22. The Hall–Kier alpha value is -2.91. The smallest absolute Gasteiger partial charge is 0.307 e. The van der Waals surface area contributed by atoms with Gasteiger partial charge in [0.2, 0.25) is 0 Å². The summed E-state index contributed by atoms with van der Waals surface area (Å²) in [6.45, 7) is 0. The first kappa shape index (κ1) is 18.9. The van der Waals surface area contributed by atoms with E-state index in [1.54, 1.807) is 12.1 Å². The number of hydrogen-bond donors (Lipinski definition) is 1. The molecule has 0 aliphatic carbocycles. The van der Waals surface area contributed by atoms with Crippen LogP contribution in [-0.4, -0.2) is 16.9 Å². The van der Waals surface area contributed by atoms with Crippen LogP contribution in [0.3, 0.4) is 0 Å². The average Bonchev–Trinajstić information content (AvgIpc) is 2.69. The molecule has 0 bridgehead atoms. The first-order valence-corrected chi connectivity index (χ1v) is 9.06. The van der Waals surface area contributed by atoms with Gasteiger partial charge in [-0.1, -0.05) is 78.3 Å². The number of hydrogen-bond acceptors (Lipinski definition) is 2. The van der Waals surface area contributed by atoms with Crippen LogP contribution in [0.5, 0.6) is 0 Å². The molecule has 0 fully saturated rings. The van der Waals surface area contributed by atoms with Crippen molar-refractivity contribution < 1.29 is 14.7 Å². The van der Waals surface area contributed by atoms with Crippen LogP contribution in [0.15, 0.2) is 78.9 Å². The number of rotatable bonds is 7. The van der Waals surface area contributed by atoms with Crippen LogP contribution in [0.25, 0.3) is 11.1 Å². The van der Waals surface area contributed by atoms with Crippen molar-refractivity contribution in [3.05, 3.63) is 95.0 Å². The second kappa shape index (κ2) is 8.65. The Kier molecular flexibility index (Phi) is 6.05. The largest absolute Gasteiger partial charge is 0.481 e. The van der Waals surface area contributed by atoms with Gasteiger partial charge in [-0.15, -0.1) is 0 Å². The van der Waals surface area contributed by atoms with Crippen LogP contribution in [0, 0.1) is 5.92 Å². The fraction of sp³-hybridized carbons (Fsp3) is 0.130. The molecule has 0 saturated carbocycles. The van der Waals surface area contributed by atoms with Gasteiger partial charge in [-0.25, -0.2) is 0 Å². The molecule has 3 nitrogen and oxygen atoms in total. The Morgan fingerprint density at radius 3 is 1.93 bits per heavy atom. The van der Waals surface area contributed by atoms with Crippen molar-refractivity contribution in [1.82, 2.24) is 0 Å². The molecule has 27 heavy (non-hydrogen) atoms. The second-order valence-corrected chi connectivity index (χ2v) is 6.87. The van der Waals surface area contributed by atoms with Crippen molar-refractivity contribution in [2.45, 2.75) is 12.8 Å². The van der Waals surface area contributed by atoms with Gasteiger partial charge in [-0.3, -0.25) is 9.59 Å². The van der Waals surface area contributed by atoms with Crippen molar-refractivity contribution in [2.24, 2.45) is 5.92 Å². The van der Waals surface area contributed by atoms with E-state index in [0.717, 1.165) is 16.7 Å². The molecule has 4 heteroatoms. The Morgan fingerprint density at radius 1 is 0.815 bits per heavy atom. The van der Waals surface area contributed by atoms with Crippen LogP contribution in [0.4, 0.5) is 0 Å². The van der Waals surface area contributed by atoms with Crippen LogP contribution in [0.1, 0.15) is 22.3 Å². The van der Waals surface area contributed by atoms with E-state index in [0.29, 0.717) is 17.0 Å². The minimum atomic E-state index is -0.954. The van der Waals surface area contributed by atoms with Crippen molar-refractivity contribution in [2.75, 3.05) is 0 Å². The number of halogens is 1. The highest BCUT2D eigenvalue weighted by Crippen LogP contribution is 2.23. The fourth-order valence-electron chi connectivity index (χ4n) is 2.98. The Bertz CT molecular complexity index is 916. The van der Waals surface area contributed by atoms with Gasteiger partial charge in [0.25, 0.3) is 0 Å². The standard InChI is InChI=1S/C23H19ClO3/c24-21-12-10-18(11-13-21)17-6-8-19(9-7-17)22(25)15-20(23(26)27)14-16-4-2-1-3-5-16/h1-13,20H,14-15H2,(H,26,27). The SMILES string of the molecule is O=C(CC(Cc1ccccc1)C(=O)O)c1ccc(-c2ccc(Cl)cc2)cc1. The van der Waals surface area contributed by atoms with E-state index in [1.165, 1.54) is 0 Å². The molecule has 1 atom stereocenters. The summed E-state index contributed by atoms with van der Waals surface area (Å²) in [5.41, 5.74) is 3.41. The quantitative estimate of drug-likeness (QED) is 0.550. The molecule has 3 rings (SSSR count). The Morgan fingerprint density at radius 2 is 1.37 bits per heavy atom.